The zero-order chi connectivity index (χ0) is 15.3. The first-order chi connectivity index (χ1) is 9.32. The molecule has 0 N–H and O–H groups in total. The minimum atomic E-state index is -1.06. The molecule has 1 amide bonds. The SMILES string of the molecule is CC(C)CN(CC(C)C)C(=O)[C@@H]1CCCC[C@H]1C(=O)[O-]. The van der Waals surface area contributed by atoms with Crippen molar-refractivity contribution in [2.75, 3.05) is 13.1 Å². The van der Waals surface area contributed by atoms with Gasteiger partial charge in [0, 0.05) is 30.9 Å². The fourth-order valence-electron chi connectivity index (χ4n) is 3.08. The average Bonchev–Trinajstić information content (AvgIpc) is 2.36. The van der Waals surface area contributed by atoms with E-state index in [1.807, 2.05) is 4.90 Å². The Bertz CT molecular complexity index is 329. The predicted octanol–water partition coefficient (Wildman–Crippen LogP) is 1.68. The van der Waals surface area contributed by atoms with Crippen molar-refractivity contribution in [1.82, 2.24) is 4.90 Å². The number of amides is 1. The van der Waals surface area contributed by atoms with Crippen LogP contribution in [-0.4, -0.2) is 29.9 Å². The summed E-state index contributed by atoms with van der Waals surface area (Å²) in [6.07, 6.45) is 3.09. The van der Waals surface area contributed by atoms with Gasteiger partial charge < -0.3 is 14.8 Å². The zero-order valence-corrected chi connectivity index (χ0v) is 13.2. The first kappa shape index (κ1) is 17.0. The van der Waals surface area contributed by atoms with E-state index in [9.17, 15) is 14.7 Å². The van der Waals surface area contributed by atoms with Gasteiger partial charge in [0.15, 0.2) is 0 Å². The van der Waals surface area contributed by atoms with Crippen LogP contribution >= 0.6 is 0 Å². The summed E-state index contributed by atoms with van der Waals surface area (Å²) in [6, 6.07) is 0. The van der Waals surface area contributed by atoms with Crippen LogP contribution < -0.4 is 5.11 Å². The molecule has 116 valence electrons. The molecule has 1 aliphatic rings. The lowest BCUT2D eigenvalue weighted by molar-refractivity contribution is -0.314. The van der Waals surface area contributed by atoms with E-state index >= 15 is 0 Å². The van der Waals surface area contributed by atoms with E-state index in [0.29, 0.717) is 37.8 Å². The lowest BCUT2D eigenvalue weighted by Gasteiger charge is -2.36. The second-order valence-electron chi connectivity index (χ2n) is 6.85. The molecule has 0 heterocycles. The minimum Gasteiger partial charge on any atom is -0.550 e. The van der Waals surface area contributed by atoms with Crippen LogP contribution in [-0.2, 0) is 9.59 Å². The van der Waals surface area contributed by atoms with Crippen molar-refractivity contribution in [2.24, 2.45) is 23.7 Å². The van der Waals surface area contributed by atoms with Gasteiger partial charge in [-0.2, -0.15) is 0 Å². The van der Waals surface area contributed by atoms with E-state index in [1.54, 1.807) is 0 Å². The minimum absolute atomic E-state index is 0.0151. The predicted molar refractivity (Wildman–Crippen MR) is 76.7 cm³/mol. The van der Waals surface area contributed by atoms with E-state index in [2.05, 4.69) is 27.7 Å². The van der Waals surface area contributed by atoms with Crippen molar-refractivity contribution in [3.05, 3.63) is 0 Å². The fraction of sp³-hybridized carbons (Fsp3) is 0.875. The molecule has 0 saturated heterocycles. The summed E-state index contributed by atoms with van der Waals surface area (Å²) in [5, 5.41) is 11.3. The van der Waals surface area contributed by atoms with Crippen molar-refractivity contribution in [1.29, 1.82) is 0 Å². The van der Waals surface area contributed by atoms with Gasteiger partial charge in [0.1, 0.15) is 0 Å². The van der Waals surface area contributed by atoms with Crippen molar-refractivity contribution in [2.45, 2.75) is 53.4 Å². The Morgan fingerprint density at radius 1 is 1.00 bits per heavy atom. The van der Waals surface area contributed by atoms with Crippen LogP contribution in [0.2, 0.25) is 0 Å². The Hall–Kier alpha value is -1.06. The standard InChI is InChI=1S/C16H29NO3/c1-11(2)9-17(10-12(3)4)15(18)13-7-5-6-8-14(13)16(19)20/h11-14H,5-10H2,1-4H3,(H,19,20)/p-1/t13-,14-/m1/s1. The maximum atomic E-state index is 12.7. The van der Waals surface area contributed by atoms with Gasteiger partial charge in [-0.15, -0.1) is 0 Å². The Kier molecular flexibility index (Phi) is 6.50. The largest absolute Gasteiger partial charge is 0.550 e. The van der Waals surface area contributed by atoms with Gasteiger partial charge in [0.25, 0.3) is 0 Å². The number of nitrogens with zero attached hydrogens (tertiary/aromatic N) is 1. The number of carboxylic acid groups (broad SMARTS) is 1. The van der Waals surface area contributed by atoms with Gasteiger partial charge in [-0.1, -0.05) is 40.5 Å². The van der Waals surface area contributed by atoms with Gasteiger partial charge >= 0.3 is 0 Å². The number of hydrogen-bond donors (Lipinski definition) is 0. The molecule has 1 rings (SSSR count). The summed E-state index contributed by atoms with van der Waals surface area (Å²) >= 11 is 0. The smallest absolute Gasteiger partial charge is 0.226 e. The van der Waals surface area contributed by atoms with Crippen LogP contribution in [0.15, 0.2) is 0 Å². The molecule has 0 spiro atoms. The van der Waals surface area contributed by atoms with Gasteiger partial charge in [0.05, 0.1) is 0 Å². The molecule has 1 saturated carbocycles. The van der Waals surface area contributed by atoms with Crippen LogP contribution in [0.1, 0.15) is 53.4 Å². The Balaban J connectivity index is 2.82. The molecule has 0 aromatic carbocycles. The van der Waals surface area contributed by atoms with Crippen LogP contribution in [0.5, 0.6) is 0 Å². The number of hydrogen-bond acceptors (Lipinski definition) is 3. The third-order valence-electron chi connectivity index (χ3n) is 3.87. The van der Waals surface area contributed by atoms with Gasteiger partial charge in [0.2, 0.25) is 5.91 Å². The zero-order valence-electron chi connectivity index (χ0n) is 13.2. The first-order valence-corrected chi connectivity index (χ1v) is 7.82. The van der Waals surface area contributed by atoms with E-state index in [-0.39, 0.29) is 11.8 Å². The second-order valence-corrected chi connectivity index (χ2v) is 6.85. The maximum absolute atomic E-state index is 12.7. The van der Waals surface area contributed by atoms with Crippen LogP contribution in [0.3, 0.4) is 0 Å². The van der Waals surface area contributed by atoms with Crippen molar-refractivity contribution < 1.29 is 14.7 Å². The van der Waals surface area contributed by atoms with Crippen LogP contribution in [0, 0.1) is 23.7 Å². The summed E-state index contributed by atoms with van der Waals surface area (Å²) in [7, 11) is 0. The first-order valence-electron chi connectivity index (χ1n) is 7.82. The average molecular weight is 282 g/mol. The lowest BCUT2D eigenvalue weighted by Crippen LogP contribution is -2.47. The summed E-state index contributed by atoms with van der Waals surface area (Å²) in [5.74, 6) is -1.24. The fourth-order valence-corrected chi connectivity index (χ4v) is 3.08. The number of carboxylic acids is 1. The summed E-state index contributed by atoms with van der Waals surface area (Å²) in [6.45, 7) is 9.73. The molecule has 0 aromatic heterocycles. The third kappa shape index (κ3) is 4.80. The Labute approximate surface area is 122 Å². The van der Waals surface area contributed by atoms with Crippen molar-refractivity contribution in [3.63, 3.8) is 0 Å². The summed E-state index contributed by atoms with van der Waals surface area (Å²) < 4.78 is 0. The normalized spacial score (nSPS) is 23.1. The highest BCUT2D eigenvalue weighted by molar-refractivity contribution is 5.84. The van der Waals surface area contributed by atoms with Gasteiger partial charge in [-0.25, -0.2) is 0 Å². The molecule has 2 atom stereocenters. The summed E-state index contributed by atoms with van der Waals surface area (Å²) in [5.41, 5.74) is 0. The van der Waals surface area contributed by atoms with E-state index in [4.69, 9.17) is 0 Å². The molecular weight excluding hydrogens is 254 g/mol. The highest BCUT2D eigenvalue weighted by atomic mass is 16.4. The molecule has 1 fully saturated rings. The topological polar surface area (TPSA) is 60.4 Å². The summed E-state index contributed by atoms with van der Waals surface area (Å²) in [4.78, 5) is 25.8. The lowest BCUT2D eigenvalue weighted by atomic mass is 9.78. The van der Waals surface area contributed by atoms with Crippen molar-refractivity contribution >= 4 is 11.9 Å². The Morgan fingerprint density at radius 2 is 1.45 bits per heavy atom. The number of carbonyl (C=O) groups excluding carboxylic acids is 2. The molecule has 0 bridgehead atoms. The molecule has 1 aliphatic carbocycles. The molecule has 0 aliphatic heterocycles. The molecular formula is C16H28NO3-. The molecule has 0 radical (unpaired) electrons. The second kappa shape index (κ2) is 7.65. The number of aliphatic carboxylic acids is 1. The highest BCUT2D eigenvalue weighted by Gasteiger charge is 2.34. The monoisotopic (exact) mass is 282 g/mol. The maximum Gasteiger partial charge on any atom is 0.226 e. The molecule has 4 nitrogen and oxygen atoms in total. The van der Waals surface area contributed by atoms with E-state index in [1.165, 1.54) is 0 Å². The van der Waals surface area contributed by atoms with Crippen molar-refractivity contribution in [3.8, 4) is 0 Å². The quantitative estimate of drug-likeness (QED) is 0.744. The molecule has 20 heavy (non-hydrogen) atoms. The Morgan fingerprint density at radius 3 is 1.85 bits per heavy atom. The van der Waals surface area contributed by atoms with Crippen LogP contribution in [0.4, 0.5) is 0 Å². The highest BCUT2D eigenvalue weighted by Crippen LogP contribution is 2.31. The number of carbonyl (C=O) groups is 2. The molecule has 4 heteroatoms. The van der Waals surface area contributed by atoms with Crippen LogP contribution in [0.25, 0.3) is 0 Å². The number of rotatable bonds is 6. The molecule has 0 aromatic rings. The molecule has 0 unspecified atom stereocenters. The van der Waals surface area contributed by atoms with Gasteiger partial charge in [-0.05, 0) is 24.7 Å². The third-order valence-corrected chi connectivity index (χ3v) is 3.87. The van der Waals surface area contributed by atoms with Gasteiger partial charge in [-0.3, -0.25) is 4.79 Å². The van der Waals surface area contributed by atoms with E-state index in [0.717, 1.165) is 12.8 Å². The van der Waals surface area contributed by atoms with E-state index < -0.39 is 11.9 Å².